The van der Waals surface area contributed by atoms with Gasteiger partial charge in [0.05, 0.1) is 13.9 Å². The Kier molecular flexibility index (Phi) is 15.5. The van der Waals surface area contributed by atoms with Gasteiger partial charge in [0.2, 0.25) is 0 Å². The van der Waals surface area contributed by atoms with Gasteiger partial charge in [-0.25, -0.2) is 0 Å². The van der Waals surface area contributed by atoms with E-state index in [9.17, 15) is 24.3 Å². The molecular formula is C18H34O6P-3. The highest BCUT2D eigenvalue weighted by Gasteiger charge is 2.10. The minimum absolute atomic E-state index is 0.142. The number of carboxylic acids is 1. The molecule has 7 heteroatoms. The quantitative estimate of drug-likeness (QED) is 0.268. The average molecular weight is 377 g/mol. The number of unbranched alkanes of at least 4 members (excludes halogenated alkanes) is 10. The molecule has 0 aromatic heterocycles. The van der Waals surface area contributed by atoms with Crippen LogP contribution in [0.25, 0.3) is 0 Å². The fourth-order valence-electron chi connectivity index (χ4n) is 2.93. The lowest BCUT2D eigenvalue weighted by molar-refractivity contribution is -0.345. The highest BCUT2D eigenvalue weighted by Crippen LogP contribution is 2.31. The fraction of sp³-hybridized carbons (Fsp3) is 0.944. The van der Waals surface area contributed by atoms with Crippen molar-refractivity contribution in [3.05, 3.63) is 0 Å². The van der Waals surface area contributed by atoms with Gasteiger partial charge in [-0.05, 0) is 25.7 Å². The van der Waals surface area contributed by atoms with E-state index in [1.165, 1.54) is 0 Å². The molecule has 0 aromatic carbocycles. The number of carbonyl (C=O) groups is 1. The van der Waals surface area contributed by atoms with Gasteiger partial charge in [0.25, 0.3) is 0 Å². The predicted molar refractivity (Wildman–Crippen MR) is 92.4 cm³/mol. The Hall–Kier alpha value is -0.420. The van der Waals surface area contributed by atoms with Crippen LogP contribution >= 0.6 is 7.82 Å². The summed E-state index contributed by atoms with van der Waals surface area (Å²) in [6.07, 6.45) is 12.8. The number of phosphoric acid groups is 1. The normalized spacial score (nSPS) is 13.1. The van der Waals surface area contributed by atoms with Crippen molar-refractivity contribution in [2.75, 3.05) is 0 Å². The third-order valence-corrected chi connectivity index (χ3v) is 4.87. The lowest BCUT2D eigenvalue weighted by Crippen LogP contribution is -2.23. The van der Waals surface area contributed by atoms with Crippen LogP contribution < -0.4 is 14.9 Å². The topological polar surface area (TPSA) is 113 Å². The van der Waals surface area contributed by atoms with Crippen LogP contribution in [-0.2, 0) is 13.9 Å². The van der Waals surface area contributed by atoms with E-state index >= 15 is 0 Å². The lowest BCUT2D eigenvalue weighted by Gasteiger charge is -2.33. The fourth-order valence-corrected chi connectivity index (χ4v) is 3.51. The van der Waals surface area contributed by atoms with E-state index in [2.05, 4.69) is 6.92 Å². The van der Waals surface area contributed by atoms with E-state index < -0.39 is 19.9 Å². The molecule has 0 radical (unpaired) electrons. The molecule has 25 heavy (non-hydrogen) atoms. The third kappa shape index (κ3) is 19.7. The first kappa shape index (κ1) is 24.6. The summed E-state index contributed by atoms with van der Waals surface area (Å²) in [5.74, 6) is -0.979. The van der Waals surface area contributed by atoms with Gasteiger partial charge in [-0.3, -0.25) is 0 Å². The number of rotatable bonds is 18. The molecule has 1 unspecified atom stereocenters. The Balaban J connectivity index is 3.68. The Morgan fingerprint density at radius 3 is 1.72 bits per heavy atom. The molecule has 0 amide bonds. The Labute approximate surface area is 152 Å². The highest BCUT2D eigenvalue weighted by molar-refractivity contribution is 7.43. The second-order valence-electron chi connectivity index (χ2n) is 6.76. The van der Waals surface area contributed by atoms with E-state index in [-0.39, 0.29) is 6.42 Å². The molecule has 0 aliphatic rings. The predicted octanol–water partition coefficient (Wildman–Crippen LogP) is 2.82. The summed E-state index contributed by atoms with van der Waals surface area (Å²) in [4.78, 5) is 32.0. The van der Waals surface area contributed by atoms with Crippen LogP contribution in [0.2, 0.25) is 0 Å². The van der Waals surface area contributed by atoms with E-state index in [0.29, 0.717) is 19.3 Å². The molecule has 0 saturated carbocycles. The van der Waals surface area contributed by atoms with Gasteiger partial charge in [0, 0.05) is 5.97 Å². The third-order valence-electron chi connectivity index (χ3n) is 4.31. The summed E-state index contributed by atoms with van der Waals surface area (Å²) in [7, 11) is -4.91. The van der Waals surface area contributed by atoms with Crippen molar-refractivity contribution in [1.82, 2.24) is 0 Å². The van der Waals surface area contributed by atoms with Crippen LogP contribution in [0.4, 0.5) is 0 Å². The van der Waals surface area contributed by atoms with Crippen molar-refractivity contribution in [3.63, 3.8) is 0 Å². The molecule has 0 spiro atoms. The number of hydrogen-bond acceptors (Lipinski definition) is 6. The maximum absolute atomic E-state index is 10.8. The second kappa shape index (κ2) is 15.8. The Bertz CT molecular complexity index is 369. The molecule has 0 N–H and O–H groups in total. The maximum atomic E-state index is 10.8. The van der Waals surface area contributed by atoms with Crippen molar-refractivity contribution in [1.29, 1.82) is 0 Å². The van der Waals surface area contributed by atoms with Gasteiger partial charge in [0.1, 0.15) is 0 Å². The number of carbonyl (C=O) groups excluding carboxylic acids is 1. The molecule has 6 nitrogen and oxygen atoms in total. The van der Waals surface area contributed by atoms with Gasteiger partial charge in [-0.2, -0.15) is 0 Å². The summed E-state index contributed by atoms with van der Waals surface area (Å²) >= 11 is 0. The molecule has 0 heterocycles. The molecular weight excluding hydrogens is 343 g/mol. The number of carboxylic acid groups (broad SMARTS) is 1. The number of aliphatic carboxylic acids is 1. The standard InChI is InChI=1S/C18H37O6P/c1-2-3-4-11-14-17(24-25(21,22)23)15-12-9-7-5-6-8-10-13-16-18(19)20/h17H,2-16H2,1H3,(H,19,20)(H2,21,22,23)/p-3. The van der Waals surface area contributed by atoms with Crippen LogP contribution in [0.1, 0.15) is 103 Å². The zero-order valence-electron chi connectivity index (χ0n) is 15.6. The van der Waals surface area contributed by atoms with E-state index in [0.717, 1.165) is 70.6 Å². The monoisotopic (exact) mass is 377 g/mol. The van der Waals surface area contributed by atoms with Gasteiger partial charge >= 0.3 is 0 Å². The van der Waals surface area contributed by atoms with Crippen molar-refractivity contribution < 1.29 is 28.8 Å². The maximum Gasteiger partial charge on any atom is 0.0627 e. The largest absolute Gasteiger partial charge is 0.790 e. The van der Waals surface area contributed by atoms with Crippen LogP contribution in [-0.4, -0.2) is 12.1 Å². The van der Waals surface area contributed by atoms with Crippen LogP contribution in [0, 0.1) is 0 Å². The second-order valence-corrected chi connectivity index (χ2v) is 7.87. The van der Waals surface area contributed by atoms with Crippen LogP contribution in [0.5, 0.6) is 0 Å². The molecule has 0 aliphatic carbocycles. The molecule has 1 atom stereocenters. The molecule has 0 bridgehead atoms. The first-order chi connectivity index (χ1) is 11.8. The smallest absolute Gasteiger partial charge is 0.0627 e. The molecule has 0 rings (SSSR count). The van der Waals surface area contributed by atoms with Gasteiger partial charge in [-0.1, -0.05) is 77.6 Å². The van der Waals surface area contributed by atoms with Gasteiger partial charge in [-0.15, -0.1) is 0 Å². The molecule has 0 fully saturated rings. The van der Waals surface area contributed by atoms with E-state index in [4.69, 9.17) is 4.52 Å². The highest BCUT2D eigenvalue weighted by atomic mass is 31.2. The van der Waals surface area contributed by atoms with Gasteiger partial charge < -0.3 is 28.8 Å². The minimum atomic E-state index is -4.91. The number of phosphoric ester groups is 1. The SMILES string of the molecule is CCCCCCC(CCCCCCCCCCC(=O)[O-])OP(=O)([O-])[O-]. The van der Waals surface area contributed by atoms with Crippen LogP contribution in [0.3, 0.4) is 0 Å². The lowest BCUT2D eigenvalue weighted by atomic mass is 10.0. The van der Waals surface area contributed by atoms with Crippen LogP contribution in [0.15, 0.2) is 0 Å². The molecule has 0 aromatic rings. The summed E-state index contributed by atoms with van der Waals surface area (Å²) in [6, 6.07) is 0. The summed E-state index contributed by atoms with van der Waals surface area (Å²) in [5, 5.41) is 10.3. The summed E-state index contributed by atoms with van der Waals surface area (Å²) in [6.45, 7) is 2.11. The minimum Gasteiger partial charge on any atom is -0.790 e. The molecule has 150 valence electrons. The molecule has 0 saturated heterocycles. The van der Waals surface area contributed by atoms with Crippen molar-refractivity contribution in [3.8, 4) is 0 Å². The Morgan fingerprint density at radius 1 is 0.840 bits per heavy atom. The first-order valence-corrected chi connectivity index (χ1v) is 11.2. The summed E-state index contributed by atoms with van der Waals surface area (Å²) < 4.78 is 15.5. The average Bonchev–Trinajstić information content (AvgIpc) is 2.51. The van der Waals surface area contributed by atoms with E-state index in [1.54, 1.807) is 0 Å². The Morgan fingerprint density at radius 2 is 1.28 bits per heavy atom. The molecule has 0 aliphatic heterocycles. The van der Waals surface area contributed by atoms with Crippen molar-refractivity contribution >= 4 is 13.8 Å². The van der Waals surface area contributed by atoms with Gasteiger partial charge in [0.15, 0.2) is 0 Å². The van der Waals surface area contributed by atoms with E-state index in [1.807, 2.05) is 0 Å². The van der Waals surface area contributed by atoms with Crippen molar-refractivity contribution in [2.24, 2.45) is 0 Å². The zero-order chi connectivity index (χ0) is 19.0. The summed E-state index contributed by atoms with van der Waals surface area (Å²) in [5.41, 5.74) is 0. The number of hydrogen-bond donors (Lipinski definition) is 0. The zero-order valence-corrected chi connectivity index (χ0v) is 16.5. The van der Waals surface area contributed by atoms with Crippen molar-refractivity contribution in [2.45, 2.75) is 109 Å². The first-order valence-electron chi connectivity index (χ1n) is 9.75.